The number of nitrogens with one attached hydrogen (secondary N) is 1. The van der Waals surface area contributed by atoms with E-state index in [9.17, 15) is 4.79 Å². The van der Waals surface area contributed by atoms with Crippen LogP contribution in [0.1, 0.15) is 6.42 Å². The van der Waals surface area contributed by atoms with Gasteiger partial charge in [-0.05, 0) is 49.4 Å². The van der Waals surface area contributed by atoms with Crippen molar-refractivity contribution in [1.29, 1.82) is 0 Å². The van der Waals surface area contributed by atoms with E-state index < -0.39 is 0 Å². The summed E-state index contributed by atoms with van der Waals surface area (Å²) in [4.78, 5) is 19.7. The van der Waals surface area contributed by atoms with E-state index in [0.717, 1.165) is 62.0 Å². The van der Waals surface area contributed by atoms with E-state index in [1.165, 1.54) is 0 Å². The van der Waals surface area contributed by atoms with Crippen molar-refractivity contribution in [3.8, 4) is 17.2 Å². The van der Waals surface area contributed by atoms with Crippen molar-refractivity contribution >= 4 is 23.1 Å². The molecule has 1 saturated heterocycles. The maximum Gasteiger partial charge on any atom is 0.326 e. The third-order valence-electron chi connectivity index (χ3n) is 6.36. The highest BCUT2D eigenvalue weighted by atomic mass is 16.5. The van der Waals surface area contributed by atoms with Gasteiger partial charge in [-0.25, -0.2) is 4.79 Å². The van der Waals surface area contributed by atoms with E-state index >= 15 is 0 Å². The summed E-state index contributed by atoms with van der Waals surface area (Å²) in [7, 11) is 1.72. The molecule has 2 aliphatic rings. The minimum atomic E-state index is -0.135. The molecule has 0 spiro atoms. The SMILES string of the molecule is COc1ccccc1N1CCN(CCCNC(=O)N2c3ccccc3Oc3ccccc32)CC1. The Morgan fingerprint density at radius 3 is 2.09 bits per heavy atom. The van der Waals surface area contributed by atoms with Gasteiger partial charge in [-0.15, -0.1) is 0 Å². The summed E-state index contributed by atoms with van der Waals surface area (Å²) in [6.45, 7) is 5.50. The molecule has 2 amide bonds. The van der Waals surface area contributed by atoms with Crippen molar-refractivity contribution in [2.24, 2.45) is 0 Å². The summed E-state index contributed by atoms with van der Waals surface area (Å²) in [5.74, 6) is 2.29. The molecule has 1 fully saturated rings. The molecule has 7 heteroatoms. The fraction of sp³-hybridized carbons (Fsp3) is 0.296. The first-order chi connectivity index (χ1) is 16.7. The van der Waals surface area contributed by atoms with E-state index in [1.807, 2.05) is 60.7 Å². The van der Waals surface area contributed by atoms with Crippen molar-refractivity contribution in [2.75, 3.05) is 56.2 Å². The van der Waals surface area contributed by atoms with Gasteiger partial charge >= 0.3 is 6.03 Å². The van der Waals surface area contributed by atoms with Gasteiger partial charge < -0.3 is 19.7 Å². The largest absolute Gasteiger partial charge is 0.495 e. The topological polar surface area (TPSA) is 57.3 Å². The molecule has 0 aliphatic carbocycles. The van der Waals surface area contributed by atoms with Crippen LogP contribution in [-0.4, -0.2) is 57.3 Å². The molecule has 0 atom stereocenters. The number of para-hydroxylation sites is 6. The Balaban J connectivity index is 1.13. The fourth-order valence-electron chi connectivity index (χ4n) is 4.60. The molecule has 0 bridgehead atoms. The first-order valence-corrected chi connectivity index (χ1v) is 11.8. The van der Waals surface area contributed by atoms with Gasteiger partial charge in [0.05, 0.1) is 24.2 Å². The number of nitrogens with zero attached hydrogens (tertiary/aromatic N) is 3. The van der Waals surface area contributed by atoms with Crippen molar-refractivity contribution in [1.82, 2.24) is 10.2 Å². The Morgan fingerprint density at radius 2 is 1.44 bits per heavy atom. The number of rotatable bonds is 6. The van der Waals surface area contributed by atoms with E-state index in [-0.39, 0.29) is 6.03 Å². The minimum absolute atomic E-state index is 0.135. The monoisotopic (exact) mass is 458 g/mol. The molecule has 0 aromatic heterocycles. The van der Waals surface area contributed by atoms with Gasteiger partial charge in [-0.1, -0.05) is 36.4 Å². The Bertz CT molecular complexity index is 1100. The number of methoxy groups -OCH3 is 1. The standard InChI is InChI=1S/C27H30N4O3/c1-33-24-12-5-2-9-21(24)30-19-17-29(18-20-30)16-8-15-28-27(32)31-22-10-3-6-13-25(22)34-26-14-7-4-11-23(26)31/h2-7,9-14H,8,15-20H2,1H3,(H,28,32). The molecule has 3 aromatic rings. The minimum Gasteiger partial charge on any atom is -0.495 e. The molecule has 0 saturated carbocycles. The van der Waals surface area contributed by atoms with Crippen LogP contribution in [0, 0.1) is 0 Å². The van der Waals surface area contributed by atoms with Gasteiger partial charge in [0, 0.05) is 32.7 Å². The second-order valence-electron chi connectivity index (χ2n) is 8.46. The maximum atomic E-state index is 13.2. The molecule has 0 unspecified atom stereocenters. The number of carbonyl (C=O) groups excluding carboxylic acids is 1. The number of hydrogen-bond acceptors (Lipinski definition) is 5. The highest BCUT2D eigenvalue weighted by Crippen LogP contribution is 2.46. The zero-order chi connectivity index (χ0) is 23.3. The Morgan fingerprint density at radius 1 is 0.853 bits per heavy atom. The molecule has 2 heterocycles. The average molecular weight is 459 g/mol. The molecule has 7 nitrogen and oxygen atoms in total. The Hall–Kier alpha value is -3.71. The third kappa shape index (κ3) is 4.52. The average Bonchev–Trinajstić information content (AvgIpc) is 2.90. The van der Waals surface area contributed by atoms with Crippen molar-refractivity contribution in [3.05, 3.63) is 72.8 Å². The molecule has 34 heavy (non-hydrogen) atoms. The van der Waals surface area contributed by atoms with Crippen molar-refractivity contribution in [2.45, 2.75) is 6.42 Å². The first-order valence-electron chi connectivity index (χ1n) is 11.8. The van der Waals surface area contributed by atoms with Gasteiger partial charge in [-0.3, -0.25) is 9.80 Å². The van der Waals surface area contributed by atoms with E-state index in [4.69, 9.17) is 9.47 Å². The second-order valence-corrected chi connectivity index (χ2v) is 8.46. The molecule has 3 aromatic carbocycles. The summed E-state index contributed by atoms with van der Waals surface area (Å²) in [5, 5.41) is 3.10. The number of amides is 2. The van der Waals surface area contributed by atoms with Crippen molar-refractivity contribution in [3.63, 3.8) is 0 Å². The number of carbonyl (C=O) groups is 1. The van der Waals surface area contributed by atoms with E-state index in [2.05, 4.69) is 27.2 Å². The van der Waals surface area contributed by atoms with Crippen LogP contribution in [0.25, 0.3) is 0 Å². The number of fused-ring (bicyclic) bond motifs is 2. The van der Waals surface area contributed by atoms with Gasteiger partial charge in [0.1, 0.15) is 5.75 Å². The fourth-order valence-corrected chi connectivity index (χ4v) is 4.60. The van der Waals surface area contributed by atoms with Gasteiger partial charge in [0.15, 0.2) is 11.5 Å². The first kappa shape index (κ1) is 22.1. The van der Waals surface area contributed by atoms with Crippen LogP contribution in [0.4, 0.5) is 21.9 Å². The lowest BCUT2D eigenvalue weighted by Crippen LogP contribution is -2.47. The maximum absolute atomic E-state index is 13.2. The van der Waals surface area contributed by atoms with Crippen LogP contribution < -0.4 is 24.6 Å². The van der Waals surface area contributed by atoms with Crippen LogP contribution in [0.5, 0.6) is 17.2 Å². The number of hydrogen-bond donors (Lipinski definition) is 1. The highest BCUT2D eigenvalue weighted by molar-refractivity contribution is 6.03. The molecular formula is C27H30N4O3. The summed E-state index contributed by atoms with van der Waals surface area (Å²) >= 11 is 0. The van der Waals surface area contributed by atoms with Crippen molar-refractivity contribution < 1.29 is 14.3 Å². The third-order valence-corrected chi connectivity index (χ3v) is 6.36. The zero-order valence-electron chi connectivity index (χ0n) is 19.4. The second kappa shape index (κ2) is 10.1. The van der Waals surface area contributed by atoms with E-state index in [1.54, 1.807) is 12.0 Å². The van der Waals surface area contributed by atoms with Crippen LogP contribution in [0.15, 0.2) is 72.8 Å². The highest BCUT2D eigenvalue weighted by Gasteiger charge is 2.28. The smallest absolute Gasteiger partial charge is 0.326 e. The molecule has 0 radical (unpaired) electrons. The lowest BCUT2D eigenvalue weighted by atomic mass is 10.2. The Kier molecular flexibility index (Phi) is 6.53. The predicted molar refractivity (Wildman–Crippen MR) is 135 cm³/mol. The quantitative estimate of drug-likeness (QED) is 0.535. The number of piperazine rings is 1. The summed E-state index contributed by atoms with van der Waals surface area (Å²) in [6, 6.07) is 23.3. The lowest BCUT2D eigenvalue weighted by molar-refractivity contribution is 0.241. The van der Waals surface area contributed by atoms with Gasteiger partial charge in [0.25, 0.3) is 0 Å². The van der Waals surface area contributed by atoms with Crippen LogP contribution in [0.2, 0.25) is 0 Å². The number of anilines is 3. The molecule has 2 aliphatic heterocycles. The van der Waals surface area contributed by atoms with E-state index in [0.29, 0.717) is 18.0 Å². The summed E-state index contributed by atoms with van der Waals surface area (Å²) in [5.41, 5.74) is 2.67. The van der Waals surface area contributed by atoms with Gasteiger partial charge in [0.2, 0.25) is 0 Å². The normalized spacial score (nSPS) is 15.2. The van der Waals surface area contributed by atoms with Crippen LogP contribution in [0.3, 0.4) is 0 Å². The van der Waals surface area contributed by atoms with Crippen LogP contribution in [-0.2, 0) is 0 Å². The molecule has 1 N–H and O–H groups in total. The number of ether oxygens (including phenoxy) is 2. The number of benzene rings is 3. The predicted octanol–water partition coefficient (Wildman–Crippen LogP) is 4.86. The molecule has 5 rings (SSSR count). The molecule has 176 valence electrons. The van der Waals surface area contributed by atoms with Crippen LogP contribution >= 0.6 is 0 Å². The molecular weight excluding hydrogens is 428 g/mol. The zero-order valence-corrected chi connectivity index (χ0v) is 19.4. The summed E-state index contributed by atoms with van der Waals surface area (Å²) < 4.78 is 11.5. The Labute approximate surface area is 200 Å². The number of urea groups is 1. The summed E-state index contributed by atoms with van der Waals surface area (Å²) in [6.07, 6.45) is 0.897. The lowest BCUT2D eigenvalue weighted by Gasteiger charge is -2.36. The van der Waals surface area contributed by atoms with Gasteiger partial charge in [-0.2, -0.15) is 0 Å².